The maximum Gasteiger partial charge on any atom is 0.0101 e. The summed E-state index contributed by atoms with van der Waals surface area (Å²) in [5, 5.41) is 7.81. The van der Waals surface area contributed by atoms with Crippen molar-refractivity contribution < 1.29 is 0 Å². The SMILES string of the molecule is CNC1CC(c2ccsc2)C1C. The Labute approximate surface area is 77.8 Å². The van der Waals surface area contributed by atoms with E-state index in [4.69, 9.17) is 0 Å². The predicted octanol–water partition coefficient (Wildman–Crippen LogP) is 2.46. The van der Waals surface area contributed by atoms with Crippen LogP contribution in [-0.2, 0) is 0 Å². The minimum absolute atomic E-state index is 0.745. The van der Waals surface area contributed by atoms with E-state index in [0.717, 1.165) is 17.9 Å². The smallest absolute Gasteiger partial charge is 0.0101 e. The van der Waals surface area contributed by atoms with E-state index in [0.29, 0.717) is 0 Å². The molecule has 1 fully saturated rings. The summed E-state index contributed by atoms with van der Waals surface area (Å²) in [7, 11) is 2.06. The Balaban J connectivity index is 2.02. The van der Waals surface area contributed by atoms with Gasteiger partial charge in [-0.2, -0.15) is 11.3 Å². The van der Waals surface area contributed by atoms with Crippen LogP contribution in [-0.4, -0.2) is 13.1 Å². The summed E-state index contributed by atoms with van der Waals surface area (Å²) in [5.41, 5.74) is 1.54. The fraction of sp³-hybridized carbons (Fsp3) is 0.600. The molecule has 0 bridgehead atoms. The van der Waals surface area contributed by atoms with Crippen molar-refractivity contribution in [2.75, 3.05) is 7.05 Å². The van der Waals surface area contributed by atoms with Crippen molar-refractivity contribution in [3.8, 4) is 0 Å². The van der Waals surface area contributed by atoms with Gasteiger partial charge in [-0.05, 0) is 47.7 Å². The number of nitrogens with one attached hydrogen (secondary N) is 1. The maximum absolute atomic E-state index is 3.35. The molecule has 1 nitrogen and oxygen atoms in total. The van der Waals surface area contributed by atoms with Crippen molar-refractivity contribution in [1.29, 1.82) is 0 Å². The van der Waals surface area contributed by atoms with Gasteiger partial charge in [-0.25, -0.2) is 0 Å². The molecule has 1 aliphatic carbocycles. The van der Waals surface area contributed by atoms with Crippen LogP contribution < -0.4 is 5.32 Å². The van der Waals surface area contributed by atoms with E-state index in [2.05, 4.69) is 36.1 Å². The summed E-state index contributed by atoms with van der Waals surface area (Å²) >= 11 is 1.81. The molecule has 12 heavy (non-hydrogen) atoms. The molecule has 0 aromatic carbocycles. The highest BCUT2D eigenvalue weighted by Crippen LogP contribution is 2.42. The van der Waals surface area contributed by atoms with E-state index in [1.54, 1.807) is 5.56 Å². The summed E-state index contributed by atoms with van der Waals surface area (Å²) in [6.07, 6.45) is 1.31. The minimum atomic E-state index is 0.745. The molecule has 1 aliphatic rings. The summed E-state index contributed by atoms with van der Waals surface area (Å²) in [6.45, 7) is 2.34. The third kappa shape index (κ3) is 1.19. The topological polar surface area (TPSA) is 12.0 Å². The lowest BCUT2D eigenvalue weighted by Crippen LogP contribution is -2.46. The maximum atomic E-state index is 3.35. The van der Waals surface area contributed by atoms with Crippen molar-refractivity contribution in [3.63, 3.8) is 0 Å². The Bertz CT molecular complexity index is 242. The van der Waals surface area contributed by atoms with Gasteiger partial charge in [0.15, 0.2) is 0 Å². The molecule has 1 aromatic rings. The Kier molecular flexibility index (Phi) is 2.20. The largest absolute Gasteiger partial charge is 0.317 e. The van der Waals surface area contributed by atoms with Crippen LogP contribution in [0.25, 0.3) is 0 Å². The second kappa shape index (κ2) is 3.19. The molecule has 0 spiro atoms. The average molecular weight is 181 g/mol. The highest BCUT2D eigenvalue weighted by molar-refractivity contribution is 7.07. The molecule has 3 atom stereocenters. The predicted molar refractivity (Wildman–Crippen MR) is 53.7 cm³/mol. The van der Waals surface area contributed by atoms with Gasteiger partial charge in [0.25, 0.3) is 0 Å². The average Bonchev–Trinajstić information content (AvgIpc) is 2.55. The van der Waals surface area contributed by atoms with Crippen LogP contribution in [0.3, 0.4) is 0 Å². The Hall–Kier alpha value is -0.340. The van der Waals surface area contributed by atoms with Gasteiger partial charge < -0.3 is 5.32 Å². The van der Waals surface area contributed by atoms with Crippen molar-refractivity contribution in [2.45, 2.75) is 25.3 Å². The molecule has 0 aliphatic heterocycles. The second-order valence-corrected chi connectivity index (χ2v) is 4.43. The van der Waals surface area contributed by atoms with Gasteiger partial charge >= 0.3 is 0 Å². The Morgan fingerprint density at radius 2 is 2.42 bits per heavy atom. The zero-order chi connectivity index (χ0) is 8.55. The molecule has 0 radical (unpaired) electrons. The highest BCUT2D eigenvalue weighted by Gasteiger charge is 2.37. The van der Waals surface area contributed by atoms with E-state index >= 15 is 0 Å². The van der Waals surface area contributed by atoms with E-state index in [-0.39, 0.29) is 0 Å². The first-order valence-corrected chi connectivity index (χ1v) is 5.46. The summed E-state index contributed by atoms with van der Waals surface area (Å²) in [6, 6.07) is 3.01. The normalized spacial score (nSPS) is 34.7. The van der Waals surface area contributed by atoms with Crippen LogP contribution in [0.1, 0.15) is 24.8 Å². The Morgan fingerprint density at radius 3 is 2.92 bits per heavy atom. The van der Waals surface area contributed by atoms with E-state index < -0.39 is 0 Å². The van der Waals surface area contributed by atoms with Crippen molar-refractivity contribution >= 4 is 11.3 Å². The number of thiophene rings is 1. The first-order valence-electron chi connectivity index (χ1n) is 4.52. The van der Waals surface area contributed by atoms with Crippen molar-refractivity contribution in [3.05, 3.63) is 22.4 Å². The fourth-order valence-corrected chi connectivity index (χ4v) is 2.82. The lowest BCUT2D eigenvalue weighted by atomic mass is 9.68. The van der Waals surface area contributed by atoms with Crippen LogP contribution in [0.4, 0.5) is 0 Å². The van der Waals surface area contributed by atoms with Gasteiger partial charge in [0, 0.05) is 6.04 Å². The molecular weight excluding hydrogens is 166 g/mol. The molecule has 1 heterocycles. The molecule has 1 N–H and O–H groups in total. The molecule has 1 aromatic heterocycles. The summed E-state index contributed by atoms with van der Waals surface area (Å²) in [5.74, 6) is 1.62. The van der Waals surface area contributed by atoms with E-state index in [1.807, 2.05) is 11.3 Å². The number of hydrogen-bond donors (Lipinski definition) is 1. The fourth-order valence-electron chi connectivity index (χ4n) is 2.09. The zero-order valence-electron chi connectivity index (χ0n) is 7.58. The third-order valence-electron chi connectivity index (χ3n) is 3.12. The first-order chi connectivity index (χ1) is 5.83. The molecule has 2 heteroatoms. The number of rotatable bonds is 2. The van der Waals surface area contributed by atoms with Crippen LogP contribution in [0.2, 0.25) is 0 Å². The zero-order valence-corrected chi connectivity index (χ0v) is 8.40. The van der Waals surface area contributed by atoms with Crippen LogP contribution in [0.15, 0.2) is 16.8 Å². The van der Waals surface area contributed by atoms with Crippen molar-refractivity contribution in [2.24, 2.45) is 5.92 Å². The lowest BCUT2D eigenvalue weighted by molar-refractivity contribution is 0.194. The van der Waals surface area contributed by atoms with Gasteiger partial charge in [0.1, 0.15) is 0 Å². The standard InChI is InChI=1S/C10H15NS/c1-7-9(5-10(7)11-2)8-3-4-12-6-8/h3-4,6-7,9-11H,5H2,1-2H3. The minimum Gasteiger partial charge on any atom is -0.317 e. The van der Waals surface area contributed by atoms with Gasteiger partial charge in [0.05, 0.1) is 0 Å². The molecular formula is C10H15NS. The Morgan fingerprint density at radius 1 is 1.58 bits per heavy atom. The lowest BCUT2D eigenvalue weighted by Gasteiger charge is -2.42. The molecule has 1 saturated carbocycles. The monoisotopic (exact) mass is 181 g/mol. The van der Waals surface area contributed by atoms with Crippen LogP contribution in [0, 0.1) is 5.92 Å². The first kappa shape index (κ1) is 8.27. The third-order valence-corrected chi connectivity index (χ3v) is 3.82. The highest BCUT2D eigenvalue weighted by atomic mass is 32.1. The van der Waals surface area contributed by atoms with Gasteiger partial charge in [0.2, 0.25) is 0 Å². The quantitative estimate of drug-likeness (QED) is 0.739. The molecule has 66 valence electrons. The molecule has 0 amide bonds. The molecule has 0 saturated heterocycles. The van der Waals surface area contributed by atoms with Gasteiger partial charge in [-0.15, -0.1) is 0 Å². The molecule has 3 unspecified atom stereocenters. The van der Waals surface area contributed by atoms with Crippen molar-refractivity contribution in [1.82, 2.24) is 5.32 Å². The van der Waals surface area contributed by atoms with Crippen LogP contribution >= 0.6 is 11.3 Å². The van der Waals surface area contributed by atoms with Gasteiger partial charge in [-0.3, -0.25) is 0 Å². The van der Waals surface area contributed by atoms with E-state index in [9.17, 15) is 0 Å². The van der Waals surface area contributed by atoms with Gasteiger partial charge in [-0.1, -0.05) is 6.92 Å². The van der Waals surface area contributed by atoms with E-state index in [1.165, 1.54) is 6.42 Å². The second-order valence-electron chi connectivity index (χ2n) is 3.65. The summed E-state index contributed by atoms with van der Waals surface area (Å²) in [4.78, 5) is 0. The summed E-state index contributed by atoms with van der Waals surface area (Å²) < 4.78 is 0. The molecule has 2 rings (SSSR count). The van der Waals surface area contributed by atoms with Crippen LogP contribution in [0.5, 0.6) is 0 Å². The number of hydrogen-bond acceptors (Lipinski definition) is 2.